The Labute approximate surface area is 189 Å². The van der Waals surface area contributed by atoms with Crippen molar-refractivity contribution in [2.75, 3.05) is 11.3 Å². The number of halogens is 3. The number of alkyl halides is 3. The van der Waals surface area contributed by atoms with Crippen LogP contribution < -0.4 is 10.0 Å². The molecule has 1 amide bonds. The molecule has 10 heteroatoms. The van der Waals surface area contributed by atoms with E-state index in [9.17, 15) is 26.4 Å². The molecular formula is C23H21F3N2O4S. The largest absolute Gasteiger partial charge is 0.411 e. The van der Waals surface area contributed by atoms with E-state index in [4.69, 9.17) is 0 Å². The van der Waals surface area contributed by atoms with E-state index >= 15 is 0 Å². The molecule has 0 spiro atoms. The molecule has 0 saturated carbocycles. The maximum Gasteiger partial charge on any atom is 0.411 e. The van der Waals surface area contributed by atoms with Crippen molar-refractivity contribution in [2.45, 2.75) is 24.2 Å². The average molecular weight is 478 g/mol. The molecule has 0 aliphatic heterocycles. The highest BCUT2D eigenvalue weighted by Gasteiger charge is 2.27. The third-order valence-electron chi connectivity index (χ3n) is 4.46. The zero-order valence-electron chi connectivity index (χ0n) is 17.3. The number of sulfonamides is 1. The van der Waals surface area contributed by atoms with E-state index in [0.717, 1.165) is 5.56 Å². The van der Waals surface area contributed by atoms with Gasteiger partial charge in [-0.05, 0) is 47.5 Å². The molecule has 33 heavy (non-hydrogen) atoms. The highest BCUT2D eigenvalue weighted by Crippen LogP contribution is 2.17. The number of hydrogen-bond donors (Lipinski definition) is 2. The summed E-state index contributed by atoms with van der Waals surface area (Å²) in [6.07, 6.45) is -4.37. The molecule has 0 unspecified atom stereocenters. The monoisotopic (exact) mass is 478 g/mol. The van der Waals surface area contributed by atoms with Crippen LogP contribution in [0.2, 0.25) is 0 Å². The molecule has 3 aromatic rings. The summed E-state index contributed by atoms with van der Waals surface area (Å²) in [7, 11) is -3.72. The van der Waals surface area contributed by atoms with Gasteiger partial charge in [0.1, 0.15) is 6.61 Å². The van der Waals surface area contributed by atoms with E-state index in [1.165, 1.54) is 36.4 Å². The van der Waals surface area contributed by atoms with Gasteiger partial charge in [-0.2, -0.15) is 13.2 Å². The molecule has 0 radical (unpaired) electrons. The summed E-state index contributed by atoms with van der Waals surface area (Å²) >= 11 is 0. The third-order valence-corrected chi connectivity index (χ3v) is 5.86. The number of ether oxygens (including phenoxy) is 1. The van der Waals surface area contributed by atoms with Crippen LogP contribution in [0.5, 0.6) is 0 Å². The van der Waals surface area contributed by atoms with Crippen molar-refractivity contribution in [1.29, 1.82) is 0 Å². The van der Waals surface area contributed by atoms with E-state index in [2.05, 4.69) is 14.8 Å². The first kappa shape index (κ1) is 24.3. The van der Waals surface area contributed by atoms with E-state index in [0.29, 0.717) is 16.8 Å². The molecule has 0 aliphatic rings. The number of carbonyl (C=O) groups excluding carboxylic acids is 1. The summed E-state index contributed by atoms with van der Waals surface area (Å²) in [6, 6.07) is 20.5. The topological polar surface area (TPSA) is 84.5 Å². The van der Waals surface area contributed by atoms with Crippen LogP contribution in [0.25, 0.3) is 0 Å². The first-order valence-electron chi connectivity index (χ1n) is 9.81. The second-order valence-electron chi connectivity index (χ2n) is 7.10. The second kappa shape index (κ2) is 10.5. The molecule has 0 fully saturated rings. The Kier molecular flexibility index (Phi) is 7.72. The summed E-state index contributed by atoms with van der Waals surface area (Å²) < 4.78 is 68.1. The normalized spacial score (nSPS) is 11.7. The van der Waals surface area contributed by atoms with Gasteiger partial charge in [-0.1, -0.05) is 42.5 Å². The van der Waals surface area contributed by atoms with Gasteiger partial charge in [0.2, 0.25) is 0 Å². The molecule has 0 atom stereocenters. The highest BCUT2D eigenvalue weighted by molar-refractivity contribution is 7.92. The lowest BCUT2D eigenvalue weighted by Gasteiger charge is -2.10. The Morgan fingerprint density at radius 3 is 2.06 bits per heavy atom. The minimum Gasteiger partial charge on any atom is -0.367 e. The minimum atomic E-state index is -4.37. The van der Waals surface area contributed by atoms with Gasteiger partial charge in [0.25, 0.3) is 15.9 Å². The van der Waals surface area contributed by atoms with E-state index < -0.39 is 22.8 Å². The van der Waals surface area contributed by atoms with Crippen molar-refractivity contribution in [1.82, 2.24) is 5.32 Å². The van der Waals surface area contributed by atoms with Gasteiger partial charge in [-0.3, -0.25) is 9.52 Å². The molecular weight excluding hydrogens is 457 g/mol. The lowest BCUT2D eigenvalue weighted by Crippen LogP contribution is -2.22. The van der Waals surface area contributed by atoms with Crippen LogP contribution in [0.1, 0.15) is 21.5 Å². The number of anilines is 1. The van der Waals surface area contributed by atoms with Crippen molar-refractivity contribution >= 4 is 21.6 Å². The Morgan fingerprint density at radius 2 is 1.45 bits per heavy atom. The number of rotatable bonds is 9. The number of amides is 1. The Bertz CT molecular complexity index is 1170. The molecule has 174 valence electrons. The molecule has 6 nitrogen and oxygen atoms in total. The predicted octanol–water partition coefficient (Wildman–Crippen LogP) is 4.50. The zero-order valence-corrected chi connectivity index (χ0v) is 18.1. The van der Waals surface area contributed by atoms with Crippen molar-refractivity contribution in [3.05, 3.63) is 95.6 Å². The van der Waals surface area contributed by atoms with Gasteiger partial charge in [0.15, 0.2) is 0 Å². The minimum absolute atomic E-state index is 0.129. The quantitative estimate of drug-likeness (QED) is 0.475. The fourth-order valence-corrected chi connectivity index (χ4v) is 3.91. The van der Waals surface area contributed by atoms with Crippen LogP contribution in [-0.4, -0.2) is 27.1 Å². The smallest absolute Gasteiger partial charge is 0.367 e. The summed E-state index contributed by atoms with van der Waals surface area (Å²) in [5.74, 6) is -0.356. The Balaban J connectivity index is 1.51. The van der Waals surface area contributed by atoms with Gasteiger partial charge in [0.05, 0.1) is 11.5 Å². The van der Waals surface area contributed by atoms with Crippen LogP contribution in [0.15, 0.2) is 83.8 Å². The average Bonchev–Trinajstić information content (AvgIpc) is 2.78. The predicted molar refractivity (Wildman–Crippen MR) is 117 cm³/mol. The van der Waals surface area contributed by atoms with Crippen molar-refractivity contribution < 1.29 is 31.1 Å². The van der Waals surface area contributed by atoms with Crippen molar-refractivity contribution in [2.24, 2.45) is 0 Å². The molecule has 0 saturated heterocycles. The van der Waals surface area contributed by atoms with Crippen molar-refractivity contribution in [3.63, 3.8) is 0 Å². The van der Waals surface area contributed by atoms with E-state index in [1.807, 2.05) is 0 Å². The van der Waals surface area contributed by atoms with Gasteiger partial charge < -0.3 is 10.1 Å². The fraction of sp³-hybridized carbons (Fsp3) is 0.174. The highest BCUT2D eigenvalue weighted by atomic mass is 32.2. The van der Waals surface area contributed by atoms with E-state index in [1.54, 1.807) is 42.5 Å². The Hall–Kier alpha value is -3.37. The summed E-state index contributed by atoms with van der Waals surface area (Å²) in [6.45, 7) is -1.26. The molecule has 0 aliphatic carbocycles. The zero-order chi connectivity index (χ0) is 23.9. The number of benzene rings is 3. The van der Waals surface area contributed by atoms with Gasteiger partial charge >= 0.3 is 6.18 Å². The third kappa shape index (κ3) is 7.62. The van der Waals surface area contributed by atoms with Gasteiger partial charge in [-0.25, -0.2) is 8.42 Å². The maximum atomic E-state index is 12.4. The first-order chi connectivity index (χ1) is 15.6. The number of carbonyl (C=O) groups is 1. The molecule has 2 N–H and O–H groups in total. The van der Waals surface area contributed by atoms with Crippen LogP contribution in [0.3, 0.4) is 0 Å². The van der Waals surface area contributed by atoms with Gasteiger partial charge in [-0.15, -0.1) is 0 Å². The molecule has 0 heterocycles. The lowest BCUT2D eigenvalue weighted by molar-refractivity contribution is -0.176. The van der Waals surface area contributed by atoms with Crippen molar-refractivity contribution in [3.8, 4) is 0 Å². The lowest BCUT2D eigenvalue weighted by atomic mass is 10.1. The maximum absolute atomic E-state index is 12.4. The molecule has 3 aromatic carbocycles. The standard InChI is InChI=1S/C23H21F3N2O4S/c24-23(25,26)16-32-15-18-8-6-17(7-9-18)14-27-22(29)19-10-12-20(13-11-19)28-33(30,31)21-4-2-1-3-5-21/h1-13,28H,14-16H2,(H,27,29). The molecule has 0 bridgehead atoms. The number of nitrogens with one attached hydrogen (secondary N) is 2. The Morgan fingerprint density at radius 1 is 0.848 bits per heavy atom. The fourth-order valence-electron chi connectivity index (χ4n) is 2.83. The number of hydrogen-bond acceptors (Lipinski definition) is 4. The molecule has 3 rings (SSSR count). The summed E-state index contributed by atoms with van der Waals surface area (Å²) in [5.41, 5.74) is 2.01. The van der Waals surface area contributed by atoms with E-state index in [-0.39, 0.29) is 24.0 Å². The summed E-state index contributed by atoms with van der Waals surface area (Å²) in [4.78, 5) is 12.5. The molecule has 0 aromatic heterocycles. The second-order valence-corrected chi connectivity index (χ2v) is 8.79. The summed E-state index contributed by atoms with van der Waals surface area (Å²) in [5, 5.41) is 2.73. The van der Waals surface area contributed by atoms with Gasteiger partial charge in [0, 0.05) is 17.8 Å². The van der Waals surface area contributed by atoms with Crippen LogP contribution in [0.4, 0.5) is 18.9 Å². The van der Waals surface area contributed by atoms with Crippen LogP contribution in [0, 0.1) is 0 Å². The SMILES string of the molecule is O=C(NCc1ccc(COCC(F)(F)F)cc1)c1ccc(NS(=O)(=O)c2ccccc2)cc1. The first-order valence-corrected chi connectivity index (χ1v) is 11.3. The van der Waals surface area contributed by atoms with Crippen LogP contribution >= 0.6 is 0 Å². The van der Waals surface area contributed by atoms with Crippen LogP contribution in [-0.2, 0) is 27.9 Å².